The van der Waals surface area contributed by atoms with Gasteiger partial charge in [-0.05, 0) is 19.1 Å². The Kier molecular flexibility index (Phi) is 3.37. The molecule has 1 heterocycles. The average molecular weight is 191 g/mol. The van der Waals surface area contributed by atoms with Crippen molar-refractivity contribution in [2.45, 2.75) is 13.0 Å². The first-order valence-corrected chi connectivity index (χ1v) is 4.35. The molecule has 5 heteroatoms. The van der Waals surface area contributed by atoms with E-state index in [0.29, 0.717) is 12.2 Å². The highest BCUT2D eigenvalue weighted by molar-refractivity contribution is 5.38. The number of hydrogen-bond donors (Lipinski definition) is 1. The molecular weight excluding hydrogens is 178 g/mol. The highest BCUT2D eigenvalue weighted by Gasteiger charge is 2.09. The van der Waals surface area contributed by atoms with Gasteiger partial charge in [0.2, 0.25) is 0 Å². The van der Waals surface area contributed by atoms with Gasteiger partial charge in [-0.2, -0.15) is 5.26 Å². The maximum Gasteiger partial charge on any atom is 0.163 e. The van der Waals surface area contributed by atoms with Gasteiger partial charge in [0.15, 0.2) is 11.5 Å². The molecule has 1 aromatic heterocycles. The van der Waals surface area contributed by atoms with Crippen molar-refractivity contribution in [2.75, 3.05) is 18.5 Å². The van der Waals surface area contributed by atoms with E-state index in [2.05, 4.69) is 10.2 Å². The number of nitrogens with zero attached hydrogens (tertiary/aromatic N) is 4. The molecule has 0 saturated heterocycles. The van der Waals surface area contributed by atoms with Gasteiger partial charge in [0.1, 0.15) is 6.07 Å². The molecule has 0 aliphatic carbocycles. The van der Waals surface area contributed by atoms with Crippen LogP contribution in [0.3, 0.4) is 0 Å². The summed E-state index contributed by atoms with van der Waals surface area (Å²) in [6, 6.07) is 5.53. The van der Waals surface area contributed by atoms with Crippen LogP contribution >= 0.6 is 0 Å². The Morgan fingerprint density at radius 1 is 1.57 bits per heavy atom. The summed E-state index contributed by atoms with van der Waals surface area (Å²) in [5.41, 5.74) is 5.85. The van der Waals surface area contributed by atoms with Crippen molar-refractivity contribution in [2.24, 2.45) is 5.73 Å². The van der Waals surface area contributed by atoms with Gasteiger partial charge in [0.05, 0.1) is 0 Å². The molecule has 0 fully saturated rings. The van der Waals surface area contributed by atoms with Crippen LogP contribution in [0, 0.1) is 11.3 Å². The van der Waals surface area contributed by atoms with Gasteiger partial charge in [-0.1, -0.05) is 0 Å². The van der Waals surface area contributed by atoms with Gasteiger partial charge in [0.25, 0.3) is 0 Å². The fourth-order valence-corrected chi connectivity index (χ4v) is 0.957. The molecule has 0 bridgehead atoms. The molecule has 14 heavy (non-hydrogen) atoms. The summed E-state index contributed by atoms with van der Waals surface area (Å²) >= 11 is 0. The third-order valence-corrected chi connectivity index (χ3v) is 2.13. The lowest BCUT2D eigenvalue weighted by atomic mass is 10.3. The minimum Gasteiger partial charge on any atom is -0.354 e. The van der Waals surface area contributed by atoms with Gasteiger partial charge < -0.3 is 10.6 Å². The molecule has 1 rings (SSSR count). The van der Waals surface area contributed by atoms with Crippen molar-refractivity contribution in [1.82, 2.24) is 10.2 Å². The second-order valence-corrected chi connectivity index (χ2v) is 3.08. The molecule has 1 atom stereocenters. The number of nitrogens with two attached hydrogens (primary N) is 1. The van der Waals surface area contributed by atoms with E-state index < -0.39 is 0 Å². The first kappa shape index (κ1) is 10.4. The zero-order valence-corrected chi connectivity index (χ0v) is 8.31. The molecule has 0 radical (unpaired) electrons. The summed E-state index contributed by atoms with van der Waals surface area (Å²) in [6.07, 6.45) is 0. The fourth-order valence-electron chi connectivity index (χ4n) is 0.957. The Balaban J connectivity index is 2.82. The lowest BCUT2D eigenvalue weighted by Gasteiger charge is -2.23. The van der Waals surface area contributed by atoms with Crippen molar-refractivity contribution in [1.29, 1.82) is 5.26 Å². The van der Waals surface area contributed by atoms with Gasteiger partial charge in [-0.3, -0.25) is 0 Å². The number of hydrogen-bond acceptors (Lipinski definition) is 5. The van der Waals surface area contributed by atoms with Gasteiger partial charge in [0, 0.05) is 19.6 Å². The maximum absolute atomic E-state index is 8.54. The quantitative estimate of drug-likeness (QED) is 0.734. The second-order valence-electron chi connectivity index (χ2n) is 3.08. The van der Waals surface area contributed by atoms with E-state index in [1.54, 1.807) is 12.1 Å². The standard InChI is InChI=1S/C9H13N5/c1-7(5-10)14(2)9-4-3-8(6-11)12-13-9/h3-4,7H,5,10H2,1-2H3. The predicted molar refractivity (Wildman–Crippen MR) is 53.7 cm³/mol. The maximum atomic E-state index is 8.54. The van der Waals surface area contributed by atoms with Crippen molar-refractivity contribution >= 4 is 5.82 Å². The zero-order valence-electron chi connectivity index (χ0n) is 8.31. The highest BCUT2D eigenvalue weighted by atomic mass is 15.3. The van der Waals surface area contributed by atoms with E-state index in [1.807, 2.05) is 24.9 Å². The average Bonchev–Trinajstić information content (AvgIpc) is 2.27. The smallest absolute Gasteiger partial charge is 0.163 e. The zero-order chi connectivity index (χ0) is 10.6. The first-order chi connectivity index (χ1) is 6.69. The van der Waals surface area contributed by atoms with Gasteiger partial charge in [-0.25, -0.2) is 0 Å². The summed E-state index contributed by atoms with van der Waals surface area (Å²) in [5.74, 6) is 0.724. The molecule has 0 aromatic carbocycles. The lowest BCUT2D eigenvalue weighted by molar-refractivity contribution is 0.681. The summed E-state index contributed by atoms with van der Waals surface area (Å²) in [4.78, 5) is 1.92. The SMILES string of the molecule is CC(CN)N(C)c1ccc(C#N)nn1. The summed E-state index contributed by atoms with van der Waals surface area (Å²) in [6.45, 7) is 2.55. The molecule has 0 aliphatic heterocycles. The molecule has 1 aromatic rings. The molecule has 0 amide bonds. The third-order valence-electron chi connectivity index (χ3n) is 2.13. The Hall–Kier alpha value is -1.67. The Morgan fingerprint density at radius 2 is 2.29 bits per heavy atom. The van der Waals surface area contributed by atoms with Gasteiger partial charge in [-0.15, -0.1) is 10.2 Å². The van der Waals surface area contributed by atoms with Crippen molar-refractivity contribution in [3.63, 3.8) is 0 Å². The number of anilines is 1. The summed E-state index contributed by atoms with van der Waals surface area (Å²) < 4.78 is 0. The Labute approximate surface area is 83.2 Å². The van der Waals surface area contributed by atoms with Crippen LogP contribution < -0.4 is 10.6 Å². The minimum atomic E-state index is 0.206. The van der Waals surface area contributed by atoms with Crippen LogP contribution in [0.1, 0.15) is 12.6 Å². The lowest BCUT2D eigenvalue weighted by Crippen LogP contribution is -2.35. The van der Waals surface area contributed by atoms with Crippen LogP contribution in [0.2, 0.25) is 0 Å². The fraction of sp³-hybridized carbons (Fsp3) is 0.444. The molecule has 74 valence electrons. The first-order valence-electron chi connectivity index (χ1n) is 4.35. The second kappa shape index (κ2) is 4.53. The number of likely N-dealkylation sites (N-methyl/N-ethyl adjacent to an activating group) is 1. The van der Waals surface area contributed by atoms with Crippen LogP contribution in [-0.2, 0) is 0 Å². The van der Waals surface area contributed by atoms with Crippen LogP contribution in [0.4, 0.5) is 5.82 Å². The van der Waals surface area contributed by atoms with E-state index in [0.717, 1.165) is 5.82 Å². The number of aromatic nitrogens is 2. The van der Waals surface area contributed by atoms with Crippen LogP contribution in [-0.4, -0.2) is 29.8 Å². The molecule has 2 N–H and O–H groups in total. The largest absolute Gasteiger partial charge is 0.354 e. The molecular formula is C9H13N5. The van der Waals surface area contributed by atoms with Gasteiger partial charge >= 0.3 is 0 Å². The normalized spacial score (nSPS) is 11.9. The molecule has 0 spiro atoms. The van der Waals surface area contributed by atoms with Crippen LogP contribution in [0.15, 0.2) is 12.1 Å². The predicted octanol–water partition coefficient (Wildman–Crippen LogP) is 0.132. The van der Waals surface area contributed by atoms with E-state index in [9.17, 15) is 0 Å². The summed E-state index contributed by atoms with van der Waals surface area (Å²) in [5, 5.41) is 16.2. The van der Waals surface area contributed by atoms with Crippen LogP contribution in [0.5, 0.6) is 0 Å². The van der Waals surface area contributed by atoms with Crippen LogP contribution in [0.25, 0.3) is 0 Å². The molecule has 0 aliphatic rings. The number of nitriles is 1. The Morgan fingerprint density at radius 3 is 2.71 bits per heavy atom. The Bertz CT molecular complexity index is 326. The minimum absolute atomic E-state index is 0.206. The van der Waals surface area contributed by atoms with Crippen molar-refractivity contribution < 1.29 is 0 Å². The topological polar surface area (TPSA) is 78.8 Å². The molecule has 5 nitrogen and oxygen atoms in total. The van der Waals surface area contributed by atoms with E-state index >= 15 is 0 Å². The molecule has 1 unspecified atom stereocenters. The number of rotatable bonds is 3. The highest BCUT2D eigenvalue weighted by Crippen LogP contribution is 2.09. The van der Waals surface area contributed by atoms with Crippen molar-refractivity contribution in [3.8, 4) is 6.07 Å². The van der Waals surface area contributed by atoms with Crippen molar-refractivity contribution in [3.05, 3.63) is 17.8 Å². The van der Waals surface area contributed by atoms with E-state index in [-0.39, 0.29) is 6.04 Å². The third kappa shape index (κ3) is 2.18. The van der Waals surface area contributed by atoms with E-state index in [1.165, 1.54) is 0 Å². The van der Waals surface area contributed by atoms with E-state index in [4.69, 9.17) is 11.0 Å². The molecule has 0 saturated carbocycles. The summed E-state index contributed by atoms with van der Waals surface area (Å²) in [7, 11) is 1.90. The monoisotopic (exact) mass is 191 g/mol.